The predicted octanol–water partition coefficient (Wildman–Crippen LogP) is 4.97. The van der Waals surface area contributed by atoms with Crippen LogP contribution < -0.4 is 10.1 Å². The number of methoxy groups -OCH3 is 1. The third-order valence-corrected chi connectivity index (χ3v) is 3.97. The molecule has 5 heteroatoms. The molecule has 0 aromatic heterocycles. The average molecular weight is 389 g/mol. The van der Waals surface area contributed by atoms with Crippen LogP contribution >= 0.6 is 31.9 Å². The maximum atomic E-state index is 13.6. The fourth-order valence-electron chi connectivity index (χ4n) is 1.68. The Morgan fingerprint density at radius 2 is 1.84 bits per heavy atom. The molecule has 19 heavy (non-hydrogen) atoms. The third kappa shape index (κ3) is 3.48. The van der Waals surface area contributed by atoms with Crippen LogP contribution in [0.15, 0.2) is 45.3 Å². The molecule has 0 aliphatic heterocycles. The summed E-state index contributed by atoms with van der Waals surface area (Å²) in [5.74, 6) is -0.0983. The van der Waals surface area contributed by atoms with Crippen molar-refractivity contribution in [1.29, 1.82) is 0 Å². The summed E-state index contributed by atoms with van der Waals surface area (Å²) in [4.78, 5) is 0. The van der Waals surface area contributed by atoms with Gasteiger partial charge in [0.1, 0.15) is 0 Å². The minimum Gasteiger partial charge on any atom is -0.494 e. The van der Waals surface area contributed by atoms with Gasteiger partial charge < -0.3 is 10.1 Å². The van der Waals surface area contributed by atoms with Gasteiger partial charge in [-0.25, -0.2) is 4.39 Å². The topological polar surface area (TPSA) is 21.3 Å². The number of benzene rings is 2. The lowest BCUT2D eigenvalue weighted by Crippen LogP contribution is -2.01. The number of hydrogen-bond donors (Lipinski definition) is 1. The number of anilines is 1. The number of ether oxygens (including phenoxy) is 1. The van der Waals surface area contributed by atoms with Gasteiger partial charge in [0, 0.05) is 15.5 Å². The maximum Gasteiger partial charge on any atom is 0.165 e. The number of nitrogens with one attached hydrogen (secondary N) is 1. The zero-order valence-corrected chi connectivity index (χ0v) is 13.4. The zero-order valence-electron chi connectivity index (χ0n) is 10.2. The first-order valence-corrected chi connectivity index (χ1v) is 7.20. The highest BCUT2D eigenvalue weighted by Crippen LogP contribution is 2.31. The molecule has 0 spiro atoms. The molecule has 2 aromatic carbocycles. The van der Waals surface area contributed by atoms with E-state index in [0.717, 1.165) is 20.2 Å². The minimum absolute atomic E-state index is 0.255. The molecule has 0 atom stereocenters. The van der Waals surface area contributed by atoms with Crippen molar-refractivity contribution in [1.82, 2.24) is 0 Å². The first-order valence-electron chi connectivity index (χ1n) is 5.62. The van der Waals surface area contributed by atoms with E-state index in [0.29, 0.717) is 6.54 Å². The van der Waals surface area contributed by atoms with Gasteiger partial charge in [-0.2, -0.15) is 0 Å². The van der Waals surface area contributed by atoms with Gasteiger partial charge in [-0.05, 0) is 61.7 Å². The first kappa shape index (κ1) is 14.3. The van der Waals surface area contributed by atoms with E-state index in [2.05, 4.69) is 37.2 Å². The molecule has 0 aliphatic carbocycles. The number of hydrogen-bond acceptors (Lipinski definition) is 2. The van der Waals surface area contributed by atoms with E-state index in [4.69, 9.17) is 4.74 Å². The number of para-hydroxylation sites is 1. The Morgan fingerprint density at radius 1 is 1.16 bits per heavy atom. The molecule has 0 saturated carbocycles. The molecule has 0 bridgehead atoms. The van der Waals surface area contributed by atoms with E-state index < -0.39 is 0 Å². The third-order valence-electron chi connectivity index (χ3n) is 2.65. The lowest BCUT2D eigenvalue weighted by molar-refractivity contribution is 0.386. The summed E-state index contributed by atoms with van der Waals surface area (Å²) in [5.41, 5.74) is 1.79. The summed E-state index contributed by atoms with van der Waals surface area (Å²) in [7, 11) is 1.45. The van der Waals surface area contributed by atoms with Gasteiger partial charge in [-0.15, -0.1) is 0 Å². The molecular formula is C14H12Br2FNO. The molecule has 100 valence electrons. The molecule has 0 amide bonds. The molecule has 0 aliphatic rings. The van der Waals surface area contributed by atoms with Crippen molar-refractivity contribution in [3.8, 4) is 5.75 Å². The Bertz CT molecular complexity index is 569. The summed E-state index contributed by atoms with van der Waals surface area (Å²) in [6, 6.07) is 10.8. The van der Waals surface area contributed by atoms with Gasteiger partial charge in [0.2, 0.25) is 0 Å². The van der Waals surface area contributed by atoms with Crippen LogP contribution in [0.2, 0.25) is 0 Å². The van der Waals surface area contributed by atoms with Crippen molar-refractivity contribution in [2.24, 2.45) is 0 Å². The van der Waals surface area contributed by atoms with Crippen molar-refractivity contribution in [2.45, 2.75) is 6.54 Å². The van der Waals surface area contributed by atoms with E-state index in [9.17, 15) is 4.39 Å². The molecule has 0 radical (unpaired) electrons. The predicted molar refractivity (Wildman–Crippen MR) is 82.1 cm³/mol. The Labute approximate surface area is 128 Å². The van der Waals surface area contributed by atoms with E-state index in [-0.39, 0.29) is 11.6 Å². The lowest BCUT2D eigenvalue weighted by Gasteiger charge is -2.11. The fraction of sp³-hybridized carbons (Fsp3) is 0.143. The number of halogens is 3. The summed E-state index contributed by atoms with van der Waals surface area (Å²) in [5, 5.41) is 3.26. The quantitative estimate of drug-likeness (QED) is 0.798. The molecule has 0 heterocycles. The zero-order chi connectivity index (χ0) is 13.8. The van der Waals surface area contributed by atoms with Gasteiger partial charge in [-0.3, -0.25) is 0 Å². The van der Waals surface area contributed by atoms with Crippen LogP contribution in [0.5, 0.6) is 5.75 Å². The summed E-state index contributed by atoms with van der Waals surface area (Å²) < 4.78 is 20.4. The second-order valence-corrected chi connectivity index (χ2v) is 5.63. The van der Waals surface area contributed by atoms with E-state index in [1.807, 2.05) is 24.3 Å². The second kappa shape index (κ2) is 6.39. The monoisotopic (exact) mass is 387 g/mol. The lowest BCUT2D eigenvalue weighted by atomic mass is 10.2. The largest absolute Gasteiger partial charge is 0.494 e. The highest BCUT2D eigenvalue weighted by Gasteiger charge is 2.06. The maximum absolute atomic E-state index is 13.6. The van der Waals surface area contributed by atoms with Gasteiger partial charge in [0.25, 0.3) is 0 Å². The Hall–Kier alpha value is -1.07. The van der Waals surface area contributed by atoms with Crippen LogP contribution in [-0.2, 0) is 6.54 Å². The van der Waals surface area contributed by atoms with Crippen molar-refractivity contribution in [2.75, 3.05) is 12.4 Å². The SMILES string of the molecule is COc1ccc(CNc2c(Br)cccc2Br)cc1F. The standard InChI is InChI=1S/C14H12Br2FNO/c1-19-13-6-5-9(7-12(13)17)8-18-14-10(15)3-2-4-11(14)16/h2-7,18H,8H2,1H3. The van der Waals surface area contributed by atoms with Crippen LogP contribution in [0.1, 0.15) is 5.56 Å². The van der Waals surface area contributed by atoms with Crippen molar-refractivity contribution in [3.63, 3.8) is 0 Å². The van der Waals surface area contributed by atoms with Crippen molar-refractivity contribution in [3.05, 3.63) is 56.7 Å². The minimum atomic E-state index is -0.354. The van der Waals surface area contributed by atoms with Crippen LogP contribution in [0, 0.1) is 5.82 Å². The number of rotatable bonds is 4. The van der Waals surface area contributed by atoms with E-state index in [1.165, 1.54) is 13.2 Å². The normalized spacial score (nSPS) is 10.3. The summed E-state index contributed by atoms with van der Waals surface area (Å²) in [6.07, 6.45) is 0. The molecule has 2 aromatic rings. The van der Waals surface area contributed by atoms with Gasteiger partial charge in [0.05, 0.1) is 12.8 Å². The smallest absolute Gasteiger partial charge is 0.165 e. The molecule has 0 fully saturated rings. The van der Waals surface area contributed by atoms with E-state index >= 15 is 0 Å². The van der Waals surface area contributed by atoms with Crippen LogP contribution in [0.3, 0.4) is 0 Å². The van der Waals surface area contributed by atoms with Crippen LogP contribution in [-0.4, -0.2) is 7.11 Å². The second-order valence-electron chi connectivity index (χ2n) is 3.92. The molecule has 2 rings (SSSR count). The Morgan fingerprint density at radius 3 is 2.42 bits per heavy atom. The van der Waals surface area contributed by atoms with Crippen LogP contribution in [0.4, 0.5) is 10.1 Å². The molecule has 1 N–H and O–H groups in total. The highest BCUT2D eigenvalue weighted by molar-refractivity contribution is 9.11. The fourth-order valence-corrected chi connectivity index (χ4v) is 2.96. The molecule has 0 unspecified atom stereocenters. The van der Waals surface area contributed by atoms with Crippen LogP contribution in [0.25, 0.3) is 0 Å². The highest BCUT2D eigenvalue weighted by atomic mass is 79.9. The summed E-state index contributed by atoms with van der Waals surface area (Å²) in [6.45, 7) is 0.530. The average Bonchev–Trinajstić information content (AvgIpc) is 2.38. The Kier molecular flexibility index (Phi) is 4.82. The Balaban J connectivity index is 2.13. The molecule has 0 saturated heterocycles. The van der Waals surface area contributed by atoms with Gasteiger partial charge in [0.15, 0.2) is 11.6 Å². The molecule has 2 nitrogen and oxygen atoms in total. The van der Waals surface area contributed by atoms with Crippen molar-refractivity contribution < 1.29 is 9.13 Å². The summed E-state index contributed by atoms with van der Waals surface area (Å²) >= 11 is 6.94. The van der Waals surface area contributed by atoms with Crippen molar-refractivity contribution >= 4 is 37.5 Å². The van der Waals surface area contributed by atoms with E-state index in [1.54, 1.807) is 6.07 Å². The van der Waals surface area contributed by atoms with Gasteiger partial charge in [-0.1, -0.05) is 12.1 Å². The van der Waals surface area contributed by atoms with Gasteiger partial charge >= 0.3 is 0 Å². The molecular weight excluding hydrogens is 377 g/mol. The first-order chi connectivity index (χ1) is 9.11.